The van der Waals surface area contributed by atoms with Crippen LogP contribution in [0.5, 0.6) is 0 Å². The molecule has 1 amide bonds. The fourth-order valence-corrected chi connectivity index (χ4v) is 3.31. The standard InChI is InChI=1S/C20H25F3N4O2/c1-19(2,3)29-18(28)26-6-4-17(5-7-26)27-12-14(11-25-27)13-8-15(20(21,22)23)10-16(24)9-13/h8-12,17H,4-7,24H2,1-3H3. The van der Waals surface area contributed by atoms with E-state index in [4.69, 9.17) is 10.5 Å². The van der Waals surface area contributed by atoms with Crippen molar-refractivity contribution in [1.82, 2.24) is 14.7 Å². The largest absolute Gasteiger partial charge is 0.444 e. The third-order valence-electron chi connectivity index (χ3n) is 4.71. The number of hydrogen-bond acceptors (Lipinski definition) is 4. The van der Waals surface area contributed by atoms with Gasteiger partial charge in [0.25, 0.3) is 0 Å². The average molecular weight is 410 g/mol. The van der Waals surface area contributed by atoms with E-state index in [0.717, 1.165) is 12.1 Å². The molecule has 0 aliphatic carbocycles. The van der Waals surface area contributed by atoms with Crippen LogP contribution in [0.15, 0.2) is 30.6 Å². The van der Waals surface area contributed by atoms with Crippen molar-refractivity contribution in [3.63, 3.8) is 0 Å². The first-order valence-corrected chi connectivity index (χ1v) is 9.42. The van der Waals surface area contributed by atoms with Crippen molar-refractivity contribution in [1.29, 1.82) is 0 Å². The number of anilines is 1. The Hall–Kier alpha value is -2.71. The number of benzene rings is 1. The zero-order valence-corrected chi connectivity index (χ0v) is 16.7. The number of nitrogen functional groups attached to an aromatic ring is 1. The van der Waals surface area contributed by atoms with Crippen molar-refractivity contribution in [3.8, 4) is 11.1 Å². The molecular weight excluding hydrogens is 385 g/mol. The minimum atomic E-state index is -4.46. The molecule has 0 atom stereocenters. The Balaban J connectivity index is 1.69. The number of nitrogens with two attached hydrogens (primary N) is 1. The predicted molar refractivity (Wildman–Crippen MR) is 103 cm³/mol. The molecule has 0 unspecified atom stereocenters. The summed E-state index contributed by atoms with van der Waals surface area (Å²) >= 11 is 0. The maximum absolute atomic E-state index is 13.0. The van der Waals surface area contributed by atoms with Crippen LogP contribution in [0.2, 0.25) is 0 Å². The third-order valence-corrected chi connectivity index (χ3v) is 4.71. The van der Waals surface area contributed by atoms with E-state index in [9.17, 15) is 18.0 Å². The summed E-state index contributed by atoms with van der Waals surface area (Å²) in [4.78, 5) is 13.8. The first kappa shape index (κ1) is 21.0. The lowest BCUT2D eigenvalue weighted by Crippen LogP contribution is -2.42. The van der Waals surface area contributed by atoms with E-state index in [2.05, 4.69) is 5.10 Å². The smallest absolute Gasteiger partial charge is 0.416 e. The molecule has 0 bridgehead atoms. The van der Waals surface area contributed by atoms with Gasteiger partial charge in [-0.05, 0) is 57.4 Å². The maximum atomic E-state index is 13.0. The summed E-state index contributed by atoms with van der Waals surface area (Å²) in [6, 6.07) is 3.55. The van der Waals surface area contributed by atoms with Gasteiger partial charge in [-0.2, -0.15) is 18.3 Å². The summed E-state index contributed by atoms with van der Waals surface area (Å²) < 4.78 is 46.3. The zero-order valence-electron chi connectivity index (χ0n) is 16.7. The minimum Gasteiger partial charge on any atom is -0.444 e. The molecule has 0 spiro atoms. The van der Waals surface area contributed by atoms with Crippen molar-refractivity contribution in [3.05, 3.63) is 36.2 Å². The van der Waals surface area contributed by atoms with Gasteiger partial charge in [-0.3, -0.25) is 4.68 Å². The van der Waals surface area contributed by atoms with Gasteiger partial charge in [0.15, 0.2) is 0 Å². The number of amides is 1. The molecule has 2 aromatic rings. The number of halogens is 3. The highest BCUT2D eigenvalue weighted by molar-refractivity contribution is 5.68. The lowest BCUT2D eigenvalue weighted by molar-refractivity contribution is -0.137. The Morgan fingerprint density at radius 1 is 1.14 bits per heavy atom. The maximum Gasteiger partial charge on any atom is 0.416 e. The number of ether oxygens (including phenoxy) is 1. The SMILES string of the molecule is CC(C)(C)OC(=O)N1CCC(n2cc(-c3cc(N)cc(C(F)(F)F)c3)cn2)CC1. The molecule has 0 radical (unpaired) electrons. The summed E-state index contributed by atoms with van der Waals surface area (Å²) in [6.45, 7) is 6.53. The molecule has 1 aliphatic rings. The van der Waals surface area contributed by atoms with E-state index in [1.807, 2.05) is 20.8 Å². The van der Waals surface area contributed by atoms with Crippen LogP contribution < -0.4 is 5.73 Å². The Kier molecular flexibility index (Phi) is 5.51. The van der Waals surface area contributed by atoms with Crippen LogP contribution in [-0.2, 0) is 10.9 Å². The van der Waals surface area contributed by atoms with E-state index in [1.165, 1.54) is 12.3 Å². The number of piperidine rings is 1. The molecule has 1 aliphatic heterocycles. The van der Waals surface area contributed by atoms with Gasteiger partial charge in [0, 0.05) is 30.5 Å². The number of alkyl halides is 3. The molecular formula is C20H25F3N4O2. The first-order chi connectivity index (χ1) is 13.4. The number of hydrogen-bond donors (Lipinski definition) is 1. The molecule has 2 heterocycles. The predicted octanol–water partition coefficient (Wildman–Crippen LogP) is 4.72. The topological polar surface area (TPSA) is 73.4 Å². The molecule has 1 aromatic carbocycles. The second kappa shape index (κ2) is 7.61. The average Bonchev–Trinajstić information content (AvgIpc) is 3.09. The molecule has 1 aromatic heterocycles. The van der Waals surface area contributed by atoms with Crippen LogP contribution in [0.4, 0.5) is 23.7 Å². The number of likely N-dealkylation sites (tertiary alicyclic amines) is 1. The van der Waals surface area contributed by atoms with Gasteiger partial charge >= 0.3 is 12.3 Å². The zero-order chi connectivity index (χ0) is 21.4. The van der Waals surface area contributed by atoms with Crippen LogP contribution in [0.3, 0.4) is 0 Å². The van der Waals surface area contributed by atoms with Crippen LogP contribution in [0.25, 0.3) is 11.1 Å². The van der Waals surface area contributed by atoms with E-state index >= 15 is 0 Å². The van der Waals surface area contributed by atoms with Crippen LogP contribution in [0.1, 0.15) is 45.2 Å². The normalized spacial score (nSPS) is 16.1. The van der Waals surface area contributed by atoms with Gasteiger partial charge in [-0.25, -0.2) is 4.79 Å². The van der Waals surface area contributed by atoms with Gasteiger partial charge < -0.3 is 15.4 Å². The number of carbonyl (C=O) groups excluding carboxylic acids is 1. The number of carbonyl (C=O) groups is 1. The van der Waals surface area contributed by atoms with Crippen molar-refractivity contribution < 1.29 is 22.7 Å². The second-order valence-electron chi connectivity index (χ2n) is 8.25. The van der Waals surface area contributed by atoms with Crippen molar-refractivity contribution in [2.24, 2.45) is 0 Å². The Bertz CT molecular complexity index is 879. The summed E-state index contributed by atoms with van der Waals surface area (Å²) in [5.41, 5.74) is 5.31. The summed E-state index contributed by atoms with van der Waals surface area (Å²) in [7, 11) is 0. The quantitative estimate of drug-likeness (QED) is 0.727. The Morgan fingerprint density at radius 2 is 1.79 bits per heavy atom. The van der Waals surface area contributed by atoms with Gasteiger partial charge in [0.05, 0.1) is 17.8 Å². The molecule has 1 saturated heterocycles. The minimum absolute atomic E-state index is 0.0493. The molecule has 3 rings (SSSR count). The fourth-order valence-electron chi connectivity index (χ4n) is 3.31. The van der Waals surface area contributed by atoms with Crippen molar-refractivity contribution in [2.45, 2.75) is 51.4 Å². The van der Waals surface area contributed by atoms with E-state index in [-0.39, 0.29) is 17.8 Å². The van der Waals surface area contributed by atoms with Crippen LogP contribution in [-0.4, -0.2) is 39.5 Å². The Morgan fingerprint density at radius 3 is 2.38 bits per heavy atom. The van der Waals surface area contributed by atoms with E-state index in [1.54, 1.807) is 15.8 Å². The number of nitrogens with zero attached hydrogens (tertiary/aromatic N) is 3. The Labute approximate surface area is 167 Å². The molecule has 2 N–H and O–H groups in total. The van der Waals surface area contributed by atoms with E-state index in [0.29, 0.717) is 37.1 Å². The lowest BCUT2D eigenvalue weighted by Gasteiger charge is -2.33. The van der Waals surface area contributed by atoms with Gasteiger partial charge in [0.1, 0.15) is 5.60 Å². The van der Waals surface area contributed by atoms with Crippen molar-refractivity contribution >= 4 is 11.8 Å². The molecule has 0 saturated carbocycles. The number of rotatable bonds is 2. The molecule has 6 nitrogen and oxygen atoms in total. The third kappa shape index (κ3) is 5.21. The fraction of sp³-hybridized carbons (Fsp3) is 0.500. The highest BCUT2D eigenvalue weighted by atomic mass is 19.4. The molecule has 158 valence electrons. The van der Waals surface area contributed by atoms with Crippen LogP contribution >= 0.6 is 0 Å². The van der Waals surface area contributed by atoms with Gasteiger partial charge in [-0.1, -0.05) is 0 Å². The number of aromatic nitrogens is 2. The van der Waals surface area contributed by atoms with Gasteiger partial charge in [0.2, 0.25) is 0 Å². The summed E-state index contributed by atoms with van der Waals surface area (Å²) in [5.74, 6) is 0. The monoisotopic (exact) mass is 410 g/mol. The molecule has 29 heavy (non-hydrogen) atoms. The highest BCUT2D eigenvalue weighted by Gasteiger charge is 2.31. The summed E-state index contributed by atoms with van der Waals surface area (Å²) in [5, 5.41) is 4.33. The highest BCUT2D eigenvalue weighted by Crippen LogP contribution is 2.34. The first-order valence-electron chi connectivity index (χ1n) is 9.42. The lowest BCUT2D eigenvalue weighted by atomic mass is 10.0. The van der Waals surface area contributed by atoms with Crippen molar-refractivity contribution in [2.75, 3.05) is 18.8 Å². The van der Waals surface area contributed by atoms with Crippen LogP contribution in [0, 0.1) is 0 Å². The second-order valence-corrected chi connectivity index (χ2v) is 8.25. The van der Waals surface area contributed by atoms with Gasteiger partial charge in [-0.15, -0.1) is 0 Å². The van der Waals surface area contributed by atoms with E-state index < -0.39 is 17.3 Å². The molecule has 1 fully saturated rings. The summed E-state index contributed by atoms with van der Waals surface area (Å²) in [6.07, 6.45) is -0.167. The molecule has 9 heteroatoms.